The molecular formula is C36H57N5O12. The summed E-state index contributed by atoms with van der Waals surface area (Å²) in [5, 5.41) is 34.1. The summed E-state index contributed by atoms with van der Waals surface area (Å²) >= 11 is 0. The second-order valence-electron chi connectivity index (χ2n) is 13.8. The third kappa shape index (κ3) is 19.3. The van der Waals surface area contributed by atoms with Gasteiger partial charge in [-0.15, -0.1) is 0 Å². The molecule has 298 valence electrons. The molecule has 0 spiro atoms. The Hall–Kier alpha value is -4.35. The molecule has 2 amide bonds. The van der Waals surface area contributed by atoms with Crippen LogP contribution in [0.3, 0.4) is 0 Å². The van der Waals surface area contributed by atoms with Gasteiger partial charge in [-0.05, 0) is 63.2 Å². The molecule has 0 heterocycles. The second kappa shape index (κ2) is 24.8. The molecule has 0 saturated heterocycles. The number of nitrogens with zero attached hydrogens (tertiary/aromatic N) is 3. The van der Waals surface area contributed by atoms with Crippen LogP contribution in [0.2, 0.25) is 0 Å². The summed E-state index contributed by atoms with van der Waals surface area (Å²) in [6, 6.07) is 0. The molecule has 0 bridgehead atoms. The molecular weight excluding hydrogens is 694 g/mol. The Kier molecular flexibility index (Phi) is 21.0. The number of ether oxygens (including phenoxy) is 2. The van der Waals surface area contributed by atoms with Crippen molar-refractivity contribution in [3.05, 3.63) is 25.3 Å². The fourth-order valence-electron chi connectivity index (χ4n) is 6.59. The molecule has 17 nitrogen and oxygen atoms in total. The van der Waals surface area contributed by atoms with Crippen LogP contribution in [0.5, 0.6) is 0 Å². The van der Waals surface area contributed by atoms with Gasteiger partial charge in [-0.3, -0.25) is 48.3 Å². The molecule has 53 heavy (non-hydrogen) atoms. The largest absolute Gasteiger partial charge is 0.480 e. The Bertz CT molecular complexity index is 1160. The summed E-state index contributed by atoms with van der Waals surface area (Å²) in [7, 11) is 0. The molecule has 0 aliphatic heterocycles. The van der Waals surface area contributed by atoms with Crippen molar-refractivity contribution in [2.24, 2.45) is 23.7 Å². The van der Waals surface area contributed by atoms with Crippen LogP contribution in [0.15, 0.2) is 25.3 Å². The number of carboxylic acids is 3. The van der Waals surface area contributed by atoms with Crippen molar-refractivity contribution in [3.63, 3.8) is 0 Å². The molecule has 0 aromatic rings. The quantitative estimate of drug-likeness (QED) is 0.0597. The summed E-state index contributed by atoms with van der Waals surface area (Å²) in [6.45, 7) is 6.56. The average Bonchev–Trinajstić information content (AvgIpc) is 3.11. The highest BCUT2D eigenvalue weighted by atomic mass is 16.5. The summed E-state index contributed by atoms with van der Waals surface area (Å²) < 4.78 is 10.3. The van der Waals surface area contributed by atoms with Gasteiger partial charge in [-0.2, -0.15) is 0 Å². The molecule has 2 saturated carbocycles. The third-order valence-electron chi connectivity index (χ3n) is 9.50. The minimum absolute atomic E-state index is 0.0402. The maximum Gasteiger partial charge on any atom is 0.317 e. The van der Waals surface area contributed by atoms with Crippen LogP contribution in [-0.2, 0) is 43.0 Å². The molecule has 0 aromatic carbocycles. The van der Waals surface area contributed by atoms with E-state index in [1.54, 1.807) is 0 Å². The first kappa shape index (κ1) is 44.8. The van der Waals surface area contributed by atoms with Gasteiger partial charge in [0.15, 0.2) is 0 Å². The van der Waals surface area contributed by atoms with Crippen molar-refractivity contribution in [2.75, 3.05) is 85.2 Å². The Morgan fingerprint density at radius 3 is 1.17 bits per heavy atom. The van der Waals surface area contributed by atoms with Gasteiger partial charge >= 0.3 is 29.8 Å². The highest BCUT2D eigenvalue weighted by Gasteiger charge is 2.29. The van der Waals surface area contributed by atoms with Crippen LogP contribution in [0, 0.1) is 23.7 Å². The highest BCUT2D eigenvalue weighted by molar-refractivity contribution is 5.79. The summed E-state index contributed by atoms with van der Waals surface area (Å²) in [5.41, 5.74) is 0. The Morgan fingerprint density at radius 1 is 0.528 bits per heavy atom. The fourth-order valence-corrected chi connectivity index (χ4v) is 6.59. The first-order valence-corrected chi connectivity index (χ1v) is 18.2. The van der Waals surface area contributed by atoms with Crippen molar-refractivity contribution in [2.45, 2.75) is 51.4 Å². The zero-order valence-electron chi connectivity index (χ0n) is 30.6. The number of hydrogen-bond acceptors (Lipinski definition) is 12. The first-order valence-electron chi connectivity index (χ1n) is 18.2. The maximum absolute atomic E-state index is 12.8. The predicted octanol–water partition coefficient (Wildman–Crippen LogP) is 0.450. The van der Waals surface area contributed by atoms with E-state index in [1.165, 1.54) is 26.9 Å². The molecule has 0 atom stereocenters. The topological polar surface area (TPSA) is 232 Å². The molecule has 2 aliphatic rings. The summed E-state index contributed by atoms with van der Waals surface area (Å²) in [4.78, 5) is 88.8. The third-order valence-corrected chi connectivity index (χ3v) is 9.50. The average molecular weight is 752 g/mol. The maximum atomic E-state index is 12.8. The summed E-state index contributed by atoms with van der Waals surface area (Å²) in [5.74, 6) is -4.79. The molecule has 2 fully saturated rings. The van der Waals surface area contributed by atoms with Gasteiger partial charge in [0, 0.05) is 39.3 Å². The lowest BCUT2D eigenvalue weighted by atomic mass is 9.82. The zero-order valence-corrected chi connectivity index (χ0v) is 30.6. The van der Waals surface area contributed by atoms with E-state index in [0.29, 0.717) is 38.8 Å². The first-order chi connectivity index (χ1) is 25.3. The van der Waals surface area contributed by atoms with E-state index >= 15 is 0 Å². The number of carbonyl (C=O) groups is 7. The van der Waals surface area contributed by atoms with E-state index in [0.717, 1.165) is 25.7 Å². The van der Waals surface area contributed by atoms with Gasteiger partial charge in [0.25, 0.3) is 0 Å². The minimum Gasteiger partial charge on any atom is -0.480 e. The lowest BCUT2D eigenvalue weighted by molar-refractivity contribution is -0.149. The van der Waals surface area contributed by atoms with Gasteiger partial charge in [0.1, 0.15) is 13.2 Å². The lowest BCUT2D eigenvalue weighted by Gasteiger charge is -2.29. The van der Waals surface area contributed by atoms with Crippen LogP contribution in [0.25, 0.3) is 0 Å². The van der Waals surface area contributed by atoms with Crippen molar-refractivity contribution >= 4 is 41.7 Å². The van der Waals surface area contributed by atoms with Gasteiger partial charge < -0.3 is 35.4 Å². The number of rotatable bonds is 26. The SMILES string of the molecule is C=CCOC(=O)C1CCC(CNC(=O)CN(CCN(CCN(CC(=O)O)CC(=O)NCC2CCC(C(=O)OCC=C)CC2)CC(=O)O)CC(=O)O)CC1. The Labute approximate surface area is 310 Å². The number of carbonyl (C=O) groups excluding carboxylic acids is 4. The van der Waals surface area contributed by atoms with Gasteiger partial charge in [-0.1, -0.05) is 25.3 Å². The second-order valence-corrected chi connectivity index (χ2v) is 13.8. The Balaban J connectivity index is 1.84. The van der Waals surface area contributed by atoms with E-state index in [2.05, 4.69) is 23.8 Å². The van der Waals surface area contributed by atoms with Crippen LogP contribution in [-0.4, -0.2) is 157 Å². The van der Waals surface area contributed by atoms with E-state index < -0.39 is 37.5 Å². The van der Waals surface area contributed by atoms with Gasteiger partial charge in [0.05, 0.1) is 44.6 Å². The van der Waals surface area contributed by atoms with Crippen LogP contribution >= 0.6 is 0 Å². The van der Waals surface area contributed by atoms with Gasteiger partial charge in [0.2, 0.25) is 11.8 Å². The van der Waals surface area contributed by atoms with Crippen LogP contribution in [0.1, 0.15) is 51.4 Å². The number of nitrogens with one attached hydrogen (secondary N) is 2. The van der Waals surface area contributed by atoms with Crippen molar-refractivity contribution < 1.29 is 58.4 Å². The van der Waals surface area contributed by atoms with Crippen LogP contribution < -0.4 is 10.6 Å². The van der Waals surface area contributed by atoms with E-state index in [9.17, 15) is 48.9 Å². The smallest absolute Gasteiger partial charge is 0.317 e. The zero-order chi connectivity index (χ0) is 39.2. The molecule has 2 rings (SSSR count). The van der Waals surface area contributed by atoms with E-state index in [4.69, 9.17) is 9.47 Å². The number of amides is 2. The minimum atomic E-state index is -1.16. The molecule has 2 aliphatic carbocycles. The monoisotopic (exact) mass is 751 g/mol. The van der Waals surface area contributed by atoms with Gasteiger partial charge in [-0.25, -0.2) is 0 Å². The highest BCUT2D eigenvalue weighted by Crippen LogP contribution is 2.30. The fraction of sp³-hybridized carbons (Fsp3) is 0.694. The number of esters is 2. The number of aliphatic carboxylic acids is 3. The number of carboxylic acid groups (broad SMARTS) is 3. The predicted molar refractivity (Wildman–Crippen MR) is 191 cm³/mol. The van der Waals surface area contributed by atoms with Crippen molar-refractivity contribution in [1.29, 1.82) is 0 Å². The number of hydrogen-bond donors (Lipinski definition) is 5. The van der Waals surface area contributed by atoms with Crippen LogP contribution in [0.4, 0.5) is 0 Å². The molecule has 0 radical (unpaired) electrons. The van der Waals surface area contributed by atoms with Crippen molar-refractivity contribution in [1.82, 2.24) is 25.3 Å². The normalized spacial score (nSPS) is 20.0. The summed E-state index contributed by atoms with van der Waals surface area (Å²) in [6.07, 6.45) is 8.54. The molecule has 0 aromatic heterocycles. The Morgan fingerprint density at radius 2 is 0.849 bits per heavy atom. The van der Waals surface area contributed by atoms with E-state index in [1.807, 2.05) is 0 Å². The lowest BCUT2D eigenvalue weighted by Crippen LogP contribution is -2.47. The van der Waals surface area contributed by atoms with E-state index in [-0.39, 0.29) is 99.9 Å². The molecule has 17 heteroatoms. The molecule has 5 N–H and O–H groups in total. The molecule has 0 unspecified atom stereocenters. The van der Waals surface area contributed by atoms with Crippen molar-refractivity contribution in [3.8, 4) is 0 Å². The standard InChI is InChI=1S/C36H57N5O12/c1-3-17-52-35(50)28-9-5-26(6-10-28)19-37-30(42)21-40(24-33(46)47)15-13-39(23-32(44)45)14-16-41(25-34(48)49)22-31(43)38-20-27-7-11-29(12-8-27)36(51)53-18-4-2/h3-4,26-29H,1-2,5-25H2,(H,37,42)(H,38,43)(H,44,45)(H,46,47)(H,48,49).